The first-order valence-electron chi connectivity index (χ1n) is 12.4. The Hall–Kier alpha value is -2.48. The van der Waals surface area contributed by atoms with Crippen LogP contribution in [-0.4, -0.2) is 65.4 Å². The Morgan fingerprint density at radius 3 is 2.37 bits per heavy atom. The number of carboxylic acids is 1. The Kier molecular flexibility index (Phi) is 10.5. The zero-order chi connectivity index (χ0) is 25.1. The van der Waals surface area contributed by atoms with Crippen molar-refractivity contribution in [1.82, 2.24) is 4.98 Å². The molecule has 0 radical (unpaired) electrons. The summed E-state index contributed by atoms with van der Waals surface area (Å²) in [5.41, 5.74) is 1.87. The molecule has 7 nitrogen and oxygen atoms in total. The number of likely N-dealkylation sites (tertiary alicyclic amines) is 1. The molecule has 1 fully saturated rings. The highest BCUT2D eigenvalue weighted by molar-refractivity contribution is 6.30. The third-order valence-electron chi connectivity index (χ3n) is 6.65. The third-order valence-corrected chi connectivity index (χ3v) is 6.90. The minimum Gasteiger partial charge on any atom is -0.481 e. The molecule has 0 unspecified atom stereocenters. The van der Waals surface area contributed by atoms with E-state index in [1.54, 1.807) is 6.20 Å². The first kappa shape index (κ1) is 27.1. The molecule has 3 rings (SSSR count). The number of nitrogens with zero attached hydrogens (tertiary/aromatic N) is 2. The van der Waals surface area contributed by atoms with Crippen molar-refractivity contribution in [3.8, 4) is 0 Å². The predicted octanol–water partition coefficient (Wildman–Crippen LogP) is 5.03. The fourth-order valence-electron chi connectivity index (χ4n) is 4.82. The number of carboxylic acid groups (broad SMARTS) is 1. The lowest BCUT2D eigenvalue weighted by atomic mass is 10.0. The maximum Gasteiger partial charge on any atom is 0.305 e. The number of hydrogen-bond acceptors (Lipinski definition) is 5. The fourth-order valence-corrected chi connectivity index (χ4v) is 4.95. The number of benzene rings is 1. The van der Waals surface area contributed by atoms with Gasteiger partial charge in [-0.3, -0.25) is 14.6 Å². The molecule has 0 aliphatic carbocycles. The topological polar surface area (TPSA) is 85.7 Å². The van der Waals surface area contributed by atoms with E-state index < -0.39 is 5.97 Å². The van der Waals surface area contributed by atoms with Crippen LogP contribution >= 0.6 is 11.6 Å². The molecule has 0 saturated carbocycles. The van der Waals surface area contributed by atoms with Crippen LogP contribution in [-0.2, 0) is 19.1 Å². The van der Waals surface area contributed by atoms with Crippen LogP contribution in [0.2, 0.25) is 5.02 Å². The molecule has 1 aliphatic rings. The highest BCUT2D eigenvalue weighted by atomic mass is 35.5. The number of quaternary nitrogens is 1. The van der Waals surface area contributed by atoms with E-state index in [4.69, 9.17) is 26.2 Å². The molecule has 1 aliphatic heterocycles. The summed E-state index contributed by atoms with van der Waals surface area (Å²) in [6.45, 7) is 5.62. The number of ether oxygens (including phenoxy) is 2. The summed E-state index contributed by atoms with van der Waals surface area (Å²) in [6, 6.07) is 13.5. The van der Waals surface area contributed by atoms with E-state index in [0.29, 0.717) is 24.5 Å². The highest BCUT2D eigenvalue weighted by Gasteiger charge is 2.35. The second kappa shape index (κ2) is 13.6. The van der Waals surface area contributed by atoms with Crippen molar-refractivity contribution in [2.24, 2.45) is 0 Å². The lowest BCUT2D eigenvalue weighted by molar-refractivity contribution is -0.933. The van der Waals surface area contributed by atoms with E-state index in [-0.39, 0.29) is 24.6 Å². The molecule has 1 aromatic heterocycles. The second-order valence-electron chi connectivity index (χ2n) is 9.16. The van der Waals surface area contributed by atoms with E-state index in [2.05, 4.69) is 4.98 Å². The standard InChI is InChI=1S/C27H35ClN2O5/c1-2-34-26(33)9-6-18-30(17-5-8-25(31)32)19-14-23(15-20-30)35-27(24-7-3-4-16-29-24)21-10-12-22(28)13-11-21/h3-4,7,10-13,16,23,27H,2,5-6,8-9,14-15,17-20H2,1H3/p+1/t23?,27-,30?/m1/s1. The molecule has 0 spiro atoms. The Morgan fingerprint density at radius 1 is 1.09 bits per heavy atom. The lowest BCUT2D eigenvalue weighted by Crippen LogP contribution is -2.55. The van der Waals surface area contributed by atoms with Gasteiger partial charge in [0.05, 0.1) is 57.4 Å². The minimum absolute atomic E-state index is 0.0634. The van der Waals surface area contributed by atoms with Gasteiger partial charge in [0.25, 0.3) is 0 Å². The number of esters is 1. The van der Waals surface area contributed by atoms with Crippen molar-refractivity contribution in [3.05, 3.63) is 64.9 Å². The molecule has 1 aromatic carbocycles. The van der Waals surface area contributed by atoms with Crippen molar-refractivity contribution in [3.63, 3.8) is 0 Å². The SMILES string of the molecule is CCOC(=O)CCC[N+]1(CCCC(=O)O)CCC(O[C@H](c2ccc(Cl)cc2)c2ccccn2)CC1. The number of carbonyl (C=O) groups is 2. The number of hydrogen-bond donors (Lipinski definition) is 1. The average molecular weight is 504 g/mol. The summed E-state index contributed by atoms with van der Waals surface area (Å²) in [5, 5.41) is 9.79. The summed E-state index contributed by atoms with van der Waals surface area (Å²) < 4.78 is 12.5. The summed E-state index contributed by atoms with van der Waals surface area (Å²) in [7, 11) is 0. The fraction of sp³-hybridized carbons (Fsp3) is 0.519. The highest BCUT2D eigenvalue weighted by Crippen LogP contribution is 2.31. The molecular formula is C27H36ClN2O5+. The zero-order valence-electron chi connectivity index (χ0n) is 20.4. The van der Waals surface area contributed by atoms with Gasteiger partial charge in [0.15, 0.2) is 0 Å². The van der Waals surface area contributed by atoms with Crippen molar-refractivity contribution in [2.45, 2.75) is 57.7 Å². The van der Waals surface area contributed by atoms with E-state index in [0.717, 1.165) is 61.2 Å². The summed E-state index contributed by atoms with van der Waals surface area (Å²) >= 11 is 6.10. The van der Waals surface area contributed by atoms with Crippen molar-refractivity contribution in [1.29, 1.82) is 0 Å². The number of aliphatic carboxylic acids is 1. The first-order chi connectivity index (χ1) is 16.9. The Morgan fingerprint density at radius 2 is 1.77 bits per heavy atom. The first-order valence-corrected chi connectivity index (χ1v) is 12.8. The zero-order valence-corrected chi connectivity index (χ0v) is 21.2. The van der Waals surface area contributed by atoms with Gasteiger partial charge in [-0.05, 0) is 36.8 Å². The number of rotatable bonds is 13. The van der Waals surface area contributed by atoms with Crippen LogP contribution in [0.3, 0.4) is 0 Å². The van der Waals surface area contributed by atoms with Gasteiger partial charge in [-0.1, -0.05) is 29.8 Å². The second-order valence-corrected chi connectivity index (χ2v) is 9.60. The maximum absolute atomic E-state index is 11.8. The van der Waals surface area contributed by atoms with Crippen LogP contribution in [0.5, 0.6) is 0 Å². The lowest BCUT2D eigenvalue weighted by Gasteiger charge is -2.44. The Labute approximate surface area is 212 Å². The predicted molar refractivity (Wildman–Crippen MR) is 134 cm³/mol. The molecule has 0 bridgehead atoms. The van der Waals surface area contributed by atoms with Crippen LogP contribution < -0.4 is 0 Å². The van der Waals surface area contributed by atoms with Crippen LogP contribution in [0.4, 0.5) is 0 Å². The molecule has 35 heavy (non-hydrogen) atoms. The van der Waals surface area contributed by atoms with E-state index in [1.807, 2.05) is 49.4 Å². The van der Waals surface area contributed by atoms with Crippen molar-refractivity contribution in [2.75, 3.05) is 32.8 Å². The smallest absolute Gasteiger partial charge is 0.305 e. The molecule has 1 atom stereocenters. The van der Waals surface area contributed by atoms with Gasteiger partial charge >= 0.3 is 11.9 Å². The Bertz CT molecular complexity index is 930. The maximum atomic E-state index is 11.8. The van der Waals surface area contributed by atoms with Gasteiger partial charge in [-0.25, -0.2) is 0 Å². The van der Waals surface area contributed by atoms with Gasteiger partial charge in [0, 0.05) is 36.9 Å². The molecule has 1 saturated heterocycles. The Balaban J connectivity index is 1.65. The molecule has 2 aromatic rings. The minimum atomic E-state index is -0.769. The number of aromatic nitrogens is 1. The molecule has 1 N–H and O–H groups in total. The molecular weight excluding hydrogens is 468 g/mol. The average Bonchev–Trinajstić information content (AvgIpc) is 2.85. The normalized spacial score (nSPS) is 20.8. The molecule has 0 amide bonds. The summed E-state index contributed by atoms with van der Waals surface area (Å²) in [4.78, 5) is 27.4. The molecule has 190 valence electrons. The van der Waals surface area contributed by atoms with Crippen LogP contribution in [0, 0.1) is 0 Å². The van der Waals surface area contributed by atoms with Gasteiger partial charge in [0.1, 0.15) is 6.10 Å². The quantitative estimate of drug-likeness (QED) is 0.305. The summed E-state index contributed by atoms with van der Waals surface area (Å²) in [5.74, 6) is -0.940. The van der Waals surface area contributed by atoms with Gasteiger partial charge in [-0.15, -0.1) is 0 Å². The van der Waals surface area contributed by atoms with Gasteiger partial charge in [-0.2, -0.15) is 0 Å². The van der Waals surface area contributed by atoms with Crippen molar-refractivity contribution >= 4 is 23.5 Å². The van der Waals surface area contributed by atoms with E-state index in [9.17, 15) is 9.59 Å². The number of halogens is 1. The van der Waals surface area contributed by atoms with Crippen LogP contribution in [0.1, 0.15) is 62.8 Å². The monoisotopic (exact) mass is 503 g/mol. The van der Waals surface area contributed by atoms with Crippen LogP contribution in [0.15, 0.2) is 48.7 Å². The summed E-state index contributed by atoms with van der Waals surface area (Å²) in [6.07, 6.45) is 5.20. The van der Waals surface area contributed by atoms with Gasteiger partial charge < -0.3 is 19.1 Å². The van der Waals surface area contributed by atoms with Crippen molar-refractivity contribution < 1.29 is 28.7 Å². The molecule has 8 heteroatoms. The third kappa shape index (κ3) is 8.60. The van der Waals surface area contributed by atoms with E-state index >= 15 is 0 Å². The number of carbonyl (C=O) groups excluding carboxylic acids is 1. The molecule has 2 heterocycles. The largest absolute Gasteiger partial charge is 0.481 e. The number of piperidine rings is 1. The van der Waals surface area contributed by atoms with Crippen LogP contribution in [0.25, 0.3) is 0 Å². The van der Waals surface area contributed by atoms with E-state index in [1.165, 1.54) is 0 Å². The van der Waals surface area contributed by atoms with Gasteiger partial charge in [0.2, 0.25) is 0 Å². The number of pyridine rings is 1.